The molecule has 0 aromatic carbocycles. The fourth-order valence-electron chi connectivity index (χ4n) is 2.41. The average Bonchev–Trinajstić information content (AvgIpc) is 2.37. The third-order valence-electron chi connectivity index (χ3n) is 3.18. The van der Waals surface area contributed by atoms with Crippen molar-refractivity contribution in [2.45, 2.75) is 38.9 Å². The Labute approximate surface area is 73.4 Å². The highest BCUT2D eigenvalue weighted by atomic mass is 32.2. The molecule has 0 saturated heterocycles. The lowest BCUT2D eigenvalue weighted by atomic mass is 9.98. The van der Waals surface area contributed by atoms with Crippen LogP contribution in [0.5, 0.6) is 0 Å². The van der Waals surface area contributed by atoms with Gasteiger partial charge in [0.1, 0.15) is 0 Å². The second-order valence-corrected chi connectivity index (χ2v) is 5.53. The van der Waals surface area contributed by atoms with Gasteiger partial charge in [-0.15, -0.1) is 11.8 Å². The summed E-state index contributed by atoms with van der Waals surface area (Å²) in [5, 5.41) is 0.949. The van der Waals surface area contributed by atoms with Crippen molar-refractivity contribution in [1.29, 1.82) is 0 Å². The number of fused-ring (bicyclic) bond motifs is 1. The normalized spacial score (nSPS) is 43.4. The summed E-state index contributed by atoms with van der Waals surface area (Å²) in [6.07, 6.45) is 2.89. The third-order valence-corrected chi connectivity index (χ3v) is 4.68. The minimum Gasteiger partial charge on any atom is -0.127 e. The SMILES string of the molecule is CC1=C(C)C2CC(C)CC2S1. The molecule has 3 atom stereocenters. The molecule has 1 heteroatoms. The van der Waals surface area contributed by atoms with Gasteiger partial charge in [0.2, 0.25) is 0 Å². The second-order valence-electron chi connectivity index (χ2n) is 4.08. The van der Waals surface area contributed by atoms with Gasteiger partial charge in [0.05, 0.1) is 0 Å². The van der Waals surface area contributed by atoms with Crippen molar-refractivity contribution in [2.75, 3.05) is 0 Å². The molecule has 0 radical (unpaired) electrons. The molecule has 1 aliphatic carbocycles. The van der Waals surface area contributed by atoms with Gasteiger partial charge < -0.3 is 0 Å². The van der Waals surface area contributed by atoms with E-state index in [1.54, 1.807) is 10.5 Å². The standard InChI is InChI=1S/C10H16S/c1-6-4-9-7(2)8(3)11-10(9)5-6/h6,9-10H,4-5H2,1-3H3. The van der Waals surface area contributed by atoms with Gasteiger partial charge in [-0.2, -0.15) is 0 Å². The van der Waals surface area contributed by atoms with Crippen molar-refractivity contribution in [1.82, 2.24) is 0 Å². The van der Waals surface area contributed by atoms with E-state index in [1.807, 2.05) is 0 Å². The predicted octanol–water partition coefficient (Wildman–Crippen LogP) is 3.44. The molecular weight excluding hydrogens is 152 g/mol. The van der Waals surface area contributed by atoms with Crippen LogP contribution in [0.2, 0.25) is 0 Å². The van der Waals surface area contributed by atoms with Crippen molar-refractivity contribution >= 4 is 11.8 Å². The molecule has 1 saturated carbocycles. The van der Waals surface area contributed by atoms with E-state index in [2.05, 4.69) is 32.5 Å². The molecule has 2 aliphatic rings. The first-order chi connectivity index (χ1) is 5.18. The summed E-state index contributed by atoms with van der Waals surface area (Å²) in [6.45, 7) is 7.00. The smallest absolute Gasteiger partial charge is 0.0159 e. The molecule has 1 fully saturated rings. The molecule has 0 aromatic rings. The Morgan fingerprint density at radius 3 is 2.64 bits per heavy atom. The Hall–Kier alpha value is 0.0900. The van der Waals surface area contributed by atoms with E-state index in [9.17, 15) is 0 Å². The molecule has 1 heterocycles. The molecule has 3 unspecified atom stereocenters. The fourth-order valence-corrected chi connectivity index (χ4v) is 4.10. The van der Waals surface area contributed by atoms with Gasteiger partial charge in [0.25, 0.3) is 0 Å². The zero-order valence-corrected chi connectivity index (χ0v) is 8.37. The summed E-state index contributed by atoms with van der Waals surface area (Å²) >= 11 is 2.13. The number of hydrogen-bond donors (Lipinski definition) is 0. The van der Waals surface area contributed by atoms with Crippen LogP contribution in [0.15, 0.2) is 10.5 Å². The van der Waals surface area contributed by atoms with Crippen LogP contribution >= 0.6 is 11.8 Å². The van der Waals surface area contributed by atoms with Crippen LogP contribution in [0.25, 0.3) is 0 Å². The minimum atomic E-state index is 0.940. The first-order valence-corrected chi connectivity index (χ1v) is 5.40. The van der Waals surface area contributed by atoms with Crippen molar-refractivity contribution < 1.29 is 0 Å². The molecule has 0 bridgehead atoms. The zero-order valence-electron chi connectivity index (χ0n) is 7.55. The summed E-state index contributed by atoms with van der Waals surface area (Å²) in [6, 6.07) is 0. The van der Waals surface area contributed by atoms with E-state index in [0.717, 1.165) is 17.1 Å². The number of allylic oxidation sites excluding steroid dienone is 2. The topological polar surface area (TPSA) is 0 Å². The molecule has 2 rings (SSSR count). The van der Waals surface area contributed by atoms with Crippen molar-refractivity contribution in [3.63, 3.8) is 0 Å². The van der Waals surface area contributed by atoms with Gasteiger partial charge in [-0.3, -0.25) is 0 Å². The molecule has 0 spiro atoms. The Morgan fingerprint density at radius 2 is 2.00 bits per heavy atom. The summed E-state index contributed by atoms with van der Waals surface area (Å²) < 4.78 is 0. The molecule has 1 aliphatic heterocycles. The fraction of sp³-hybridized carbons (Fsp3) is 0.800. The minimum absolute atomic E-state index is 0.940. The predicted molar refractivity (Wildman–Crippen MR) is 51.6 cm³/mol. The summed E-state index contributed by atoms with van der Waals surface area (Å²) in [7, 11) is 0. The molecule has 0 aromatic heterocycles. The monoisotopic (exact) mass is 168 g/mol. The van der Waals surface area contributed by atoms with Crippen molar-refractivity contribution in [2.24, 2.45) is 11.8 Å². The molecular formula is C10H16S. The van der Waals surface area contributed by atoms with Crippen LogP contribution in [-0.4, -0.2) is 5.25 Å². The van der Waals surface area contributed by atoms with Gasteiger partial charge in [0, 0.05) is 5.25 Å². The third kappa shape index (κ3) is 1.14. The molecule has 0 N–H and O–H groups in total. The van der Waals surface area contributed by atoms with E-state index in [1.165, 1.54) is 12.8 Å². The van der Waals surface area contributed by atoms with E-state index < -0.39 is 0 Å². The second kappa shape index (κ2) is 2.55. The van der Waals surface area contributed by atoms with Crippen LogP contribution in [-0.2, 0) is 0 Å². The van der Waals surface area contributed by atoms with Gasteiger partial charge >= 0.3 is 0 Å². The first kappa shape index (κ1) is 7.72. The van der Waals surface area contributed by atoms with Crippen molar-refractivity contribution in [3.8, 4) is 0 Å². The van der Waals surface area contributed by atoms with Crippen molar-refractivity contribution in [3.05, 3.63) is 10.5 Å². The molecule has 62 valence electrons. The maximum absolute atomic E-state index is 2.39. The Bertz CT molecular complexity index is 205. The zero-order chi connectivity index (χ0) is 8.01. The maximum Gasteiger partial charge on any atom is 0.0159 e. The van der Waals surface area contributed by atoms with Gasteiger partial charge in [-0.1, -0.05) is 12.5 Å². The van der Waals surface area contributed by atoms with Crippen LogP contribution in [0.3, 0.4) is 0 Å². The lowest BCUT2D eigenvalue weighted by molar-refractivity contribution is 0.573. The first-order valence-electron chi connectivity index (χ1n) is 4.52. The average molecular weight is 168 g/mol. The van der Waals surface area contributed by atoms with Gasteiger partial charge in [-0.05, 0) is 43.4 Å². The van der Waals surface area contributed by atoms with E-state index in [4.69, 9.17) is 0 Å². The molecule has 0 amide bonds. The largest absolute Gasteiger partial charge is 0.127 e. The lowest BCUT2D eigenvalue weighted by Crippen LogP contribution is -2.04. The van der Waals surface area contributed by atoms with E-state index in [0.29, 0.717) is 0 Å². The summed E-state index contributed by atoms with van der Waals surface area (Å²) in [4.78, 5) is 1.60. The number of thioether (sulfide) groups is 1. The summed E-state index contributed by atoms with van der Waals surface area (Å²) in [5.41, 5.74) is 1.68. The summed E-state index contributed by atoms with van der Waals surface area (Å²) in [5.74, 6) is 1.91. The lowest BCUT2D eigenvalue weighted by Gasteiger charge is -2.08. The van der Waals surface area contributed by atoms with Crippen LogP contribution < -0.4 is 0 Å². The van der Waals surface area contributed by atoms with Crippen LogP contribution in [0.4, 0.5) is 0 Å². The van der Waals surface area contributed by atoms with E-state index >= 15 is 0 Å². The highest BCUT2D eigenvalue weighted by Crippen LogP contribution is 2.51. The number of hydrogen-bond acceptors (Lipinski definition) is 1. The van der Waals surface area contributed by atoms with E-state index in [-0.39, 0.29) is 0 Å². The molecule has 11 heavy (non-hydrogen) atoms. The Morgan fingerprint density at radius 1 is 1.27 bits per heavy atom. The number of rotatable bonds is 0. The quantitative estimate of drug-likeness (QED) is 0.534. The van der Waals surface area contributed by atoms with Crippen LogP contribution in [0, 0.1) is 11.8 Å². The van der Waals surface area contributed by atoms with Gasteiger partial charge in [0.15, 0.2) is 0 Å². The van der Waals surface area contributed by atoms with Gasteiger partial charge in [-0.25, -0.2) is 0 Å². The maximum atomic E-state index is 2.39. The Balaban J connectivity index is 2.18. The highest BCUT2D eigenvalue weighted by molar-refractivity contribution is 8.03. The molecule has 0 nitrogen and oxygen atoms in total. The Kier molecular flexibility index (Phi) is 1.79. The van der Waals surface area contributed by atoms with Crippen LogP contribution in [0.1, 0.15) is 33.6 Å². The highest BCUT2D eigenvalue weighted by Gasteiger charge is 2.38.